The van der Waals surface area contributed by atoms with Crippen molar-refractivity contribution in [3.05, 3.63) is 0 Å². The molecule has 3 N–H and O–H groups in total. The van der Waals surface area contributed by atoms with Gasteiger partial charge in [0.25, 0.3) is 0 Å². The van der Waals surface area contributed by atoms with Crippen LogP contribution in [0.5, 0.6) is 0 Å². The van der Waals surface area contributed by atoms with Crippen molar-refractivity contribution >= 4 is 17.7 Å². The third-order valence-electron chi connectivity index (χ3n) is 4.46. The van der Waals surface area contributed by atoms with Gasteiger partial charge in [-0.1, -0.05) is 0 Å². The lowest BCUT2D eigenvalue weighted by Crippen LogP contribution is -2.37. The highest BCUT2D eigenvalue weighted by molar-refractivity contribution is 7.99. The second-order valence-electron chi connectivity index (χ2n) is 5.75. The van der Waals surface area contributed by atoms with Crippen LogP contribution in [0.3, 0.4) is 0 Å². The van der Waals surface area contributed by atoms with Crippen LogP contribution in [0.4, 0.5) is 0 Å². The van der Waals surface area contributed by atoms with E-state index in [-0.39, 0.29) is 5.92 Å². The molecule has 0 radical (unpaired) electrons. The van der Waals surface area contributed by atoms with Crippen molar-refractivity contribution in [3.63, 3.8) is 0 Å². The molecule has 104 valence electrons. The molecule has 0 aromatic carbocycles. The van der Waals surface area contributed by atoms with E-state index in [1.165, 1.54) is 24.3 Å². The molecule has 1 aliphatic heterocycles. The Bertz CT molecular complexity index is 259. The van der Waals surface area contributed by atoms with Gasteiger partial charge in [0.2, 0.25) is 5.91 Å². The fraction of sp³-hybridized carbons (Fsp3) is 0.929. The van der Waals surface area contributed by atoms with Crippen LogP contribution in [0, 0.1) is 17.8 Å². The van der Waals surface area contributed by atoms with Crippen LogP contribution in [0.2, 0.25) is 0 Å². The molecule has 1 saturated heterocycles. The first-order valence-electron chi connectivity index (χ1n) is 7.35. The fourth-order valence-corrected chi connectivity index (χ4v) is 4.20. The van der Waals surface area contributed by atoms with E-state index in [4.69, 9.17) is 5.73 Å². The van der Waals surface area contributed by atoms with Gasteiger partial charge < -0.3 is 11.1 Å². The summed E-state index contributed by atoms with van der Waals surface area (Å²) >= 11 is 2.04. The first-order valence-corrected chi connectivity index (χ1v) is 8.50. The molecule has 0 atom stereocenters. The van der Waals surface area contributed by atoms with Crippen LogP contribution in [0.1, 0.15) is 38.5 Å². The largest absolute Gasteiger partial charge is 0.356 e. The quantitative estimate of drug-likeness (QED) is 0.821. The summed E-state index contributed by atoms with van der Waals surface area (Å²) in [5.74, 6) is 4.46. The van der Waals surface area contributed by atoms with Crippen LogP contribution in [0.15, 0.2) is 0 Å². The minimum Gasteiger partial charge on any atom is -0.356 e. The fourth-order valence-electron chi connectivity index (χ4n) is 3.00. The normalized spacial score (nSPS) is 30.1. The molecule has 1 aliphatic carbocycles. The van der Waals surface area contributed by atoms with Crippen molar-refractivity contribution in [1.29, 1.82) is 0 Å². The van der Waals surface area contributed by atoms with E-state index < -0.39 is 0 Å². The predicted molar refractivity (Wildman–Crippen MR) is 77.6 cm³/mol. The van der Waals surface area contributed by atoms with Crippen molar-refractivity contribution in [2.24, 2.45) is 23.5 Å². The highest BCUT2D eigenvalue weighted by Gasteiger charge is 2.26. The van der Waals surface area contributed by atoms with Crippen LogP contribution in [0.25, 0.3) is 0 Å². The van der Waals surface area contributed by atoms with Gasteiger partial charge in [0.1, 0.15) is 0 Å². The molecule has 0 unspecified atom stereocenters. The summed E-state index contributed by atoms with van der Waals surface area (Å²) in [5.41, 5.74) is 5.68. The van der Waals surface area contributed by atoms with E-state index in [0.29, 0.717) is 11.8 Å². The summed E-state index contributed by atoms with van der Waals surface area (Å²) in [5, 5.41) is 3.18. The van der Waals surface area contributed by atoms with Crippen molar-refractivity contribution in [2.45, 2.75) is 38.5 Å². The van der Waals surface area contributed by atoms with Gasteiger partial charge in [0, 0.05) is 12.5 Å². The Labute approximate surface area is 115 Å². The van der Waals surface area contributed by atoms with Gasteiger partial charge in [0.05, 0.1) is 0 Å². The van der Waals surface area contributed by atoms with Crippen LogP contribution < -0.4 is 11.1 Å². The minimum absolute atomic E-state index is 0.255. The number of thioether (sulfide) groups is 1. The van der Waals surface area contributed by atoms with Crippen molar-refractivity contribution in [3.8, 4) is 0 Å². The Kier molecular flexibility index (Phi) is 5.83. The SMILES string of the molecule is NCC1CCC(C(=O)NCC2CCSCC2)CC1. The lowest BCUT2D eigenvalue weighted by molar-refractivity contribution is -0.126. The summed E-state index contributed by atoms with van der Waals surface area (Å²) in [4.78, 5) is 12.1. The standard InChI is InChI=1S/C14H26N2OS/c15-9-11-1-3-13(4-2-11)14(17)16-10-12-5-7-18-8-6-12/h11-13H,1-10,15H2,(H,16,17). The van der Waals surface area contributed by atoms with Crippen LogP contribution in [-0.2, 0) is 4.79 Å². The lowest BCUT2D eigenvalue weighted by atomic mass is 9.81. The molecule has 0 spiro atoms. The number of rotatable bonds is 4. The summed E-state index contributed by atoms with van der Waals surface area (Å²) < 4.78 is 0. The van der Waals surface area contributed by atoms with Gasteiger partial charge in [-0.05, 0) is 68.4 Å². The summed E-state index contributed by atoms with van der Waals surface area (Å²) in [7, 11) is 0. The molecular weight excluding hydrogens is 244 g/mol. The topological polar surface area (TPSA) is 55.1 Å². The molecule has 18 heavy (non-hydrogen) atoms. The third kappa shape index (κ3) is 4.16. The molecule has 3 nitrogen and oxygen atoms in total. The van der Waals surface area contributed by atoms with Gasteiger partial charge in [-0.3, -0.25) is 4.79 Å². The average molecular weight is 270 g/mol. The maximum absolute atomic E-state index is 12.1. The molecule has 1 amide bonds. The third-order valence-corrected chi connectivity index (χ3v) is 5.51. The molecule has 1 heterocycles. The Morgan fingerprint density at radius 1 is 1.06 bits per heavy atom. The van der Waals surface area contributed by atoms with Gasteiger partial charge >= 0.3 is 0 Å². The number of hydrogen-bond donors (Lipinski definition) is 2. The maximum atomic E-state index is 12.1. The van der Waals surface area contributed by atoms with Gasteiger partial charge in [0.15, 0.2) is 0 Å². The second kappa shape index (κ2) is 7.39. The number of nitrogens with two attached hydrogens (primary N) is 1. The van der Waals surface area contributed by atoms with Gasteiger partial charge in [-0.15, -0.1) is 0 Å². The lowest BCUT2D eigenvalue weighted by Gasteiger charge is -2.28. The Hall–Kier alpha value is -0.220. The minimum atomic E-state index is 0.255. The van der Waals surface area contributed by atoms with Crippen molar-refractivity contribution < 1.29 is 4.79 Å². The summed E-state index contributed by atoms with van der Waals surface area (Å²) in [6.45, 7) is 1.68. The molecule has 0 bridgehead atoms. The van der Waals surface area contributed by atoms with E-state index in [9.17, 15) is 4.79 Å². The number of carbonyl (C=O) groups excluding carboxylic acids is 1. The van der Waals surface area contributed by atoms with Crippen molar-refractivity contribution in [1.82, 2.24) is 5.32 Å². The molecular formula is C14H26N2OS. The molecule has 0 aromatic rings. The van der Waals surface area contributed by atoms with E-state index in [2.05, 4.69) is 5.32 Å². The summed E-state index contributed by atoms with van der Waals surface area (Å²) in [6, 6.07) is 0. The molecule has 0 aromatic heterocycles. The van der Waals surface area contributed by atoms with Crippen LogP contribution >= 0.6 is 11.8 Å². The monoisotopic (exact) mass is 270 g/mol. The second-order valence-corrected chi connectivity index (χ2v) is 6.98. The number of carbonyl (C=O) groups is 1. The Morgan fingerprint density at radius 2 is 1.72 bits per heavy atom. The van der Waals surface area contributed by atoms with Crippen molar-refractivity contribution in [2.75, 3.05) is 24.6 Å². The highest BCUT2D eigenvalue weighted by Crippen LogP contribution is 2.28. The maximum Gasteiger partial charge on any atom is 0.223 e. The molecule has 1 saturated carbocycles. The number of hydrogen-bond acceptors (Lipinski definition) is 3. The van der Waals surface area contributed by atoms with E-state index in [0.717, 1.165) is 44.7 Å². The first-order chi connectivity index (χ1) is 8.79. The summed E-state index contributed by atoms with van der Waals surface area (Å²) in [6.07, 6.45) is 6.88. The Balaban J connectivity index is 1.65. The zero-order chi connectivity index (χ0) is 12.8. The molecule has 2 aliphatic rings. The van der Waals surface area contributed by atoms with Gasteiger partial charge in [-0.25, -0.2) is 0 Å². The van der Waals surface area contributed by atoms with E-state index in [1.807, 2.05) is 11.8 Å². The smallest absolute Gasteiger partial charge is 0.223 e. The highest BCUT2D eigenvalue weighted by atomic mass is 32.2. The number of amides is 1. The zero-order valence-electron chi connectivity index (χ0n) is 11.2. The van der Waals surface area contributed by atoms with Gasteiger partial charge in [-0.2, -0.15) is 11.8 Å². The van der Waals surface area contributed by atoms with Crippen LogP contribution in [-0.4, -0.2) is 30.5 Å². The molecule has 4 heteroatoms. The van der Waals surface area contributed by atoms with E-state index >= 15 is 0 Å². The molecule has 2 fully saturated rings. The number of nitrogens with one attached hydrogen (secondary N) is 1. The average Bonchev–Trinajstić information content (AvgIpc) is 2.46. The zero-order valence-corrected chi connectivity index (χ0v) is 12.0. The van der Waals surface area contributed by atoms with E-state index in [1.54, 1.807) is 0 Å². The Morgan fingerprint density at radius 3 is 2.33 bits per heavy atom. The first kappa shape index (κ1) is 14.2. The predicted octanol–water partition coefficient (Wildman–Crippen LogP) is 2.01. The molecule has 2 rings (SSSR count).